The predicted molar refractivity (Wildman–Crippen MR) is 65.5 cm³/mol. The van der Waals surface area contributed by atoms with Crippen LogP contribution < -0.4 is 0 Å². The van der Waals surface area contributed by atoms with Crippen molar-refractivity contribution < 1.29 is 0 Å². The van der Waals surface area contributed by atoms with Crippen molar-refractivity contribution in [3.63, 3.8) is 0 Å². The lowest BCUT2D eigenvalue weighted by Crippen LogP contribution is -1.99. The van der Waals surface area contributed by atoms with Crippen molar-refractivity contribution in [2.24, 2.45) is 0 Å². The van der Waals surface area contributed by atoms with Crippen LogP contribution in [0.15, 0.2) is 24.5 Å². The van der Waals surface area contributed by atoms with Gasteiger partial charge >= 0.3 is 0 Å². The Kier molecular flexibility index (Phi) is 3.25. The summed E-state index contributed by atoms with van der Waals surface area (Å²) in [4.78, 5) is 0. The van der Waals surface area contributed by atoms with E-state index in [-0.39, 0.29) is 0 Å². The van der Waals surface area contributed by atoms with Crippen molar-refractivity contribution >= 4 is 11.6 Å². The Morgan fingerprint density at radius 2 is 2.19 bits per heavy atom. The van der Waals surface area contributed by atoms with Crippen LogP contribution in [-0.2, 0) is 6.54 Å². The van der Waals surface area contributed by atoms with Gasteiger partial charge in [0.2, 0.25) is 0 Å². The third kappa shape index (κ3) is 2.09. The number of rotatable bonds is 3. The molecule has 16 heavy (non-hydrogen) atoms. The summed E-state index contributed by atoms with van der Waals surface area (Å²) in [6, 6.07) is 5.83. The number of nitrogens with zero attached hydrogens (tertiary/aromatic N) is 3. The summed E-state index contributed by atoms with van der Waals surface area (Å²) in [6.45, 7) is 5.11. The highest BCUT2D eigenvalue weighted by Gasteiger charge is 2.09. The first-order valence-corrected chi connectivity index (χ1v) is 5.74. The molecule has 0 atom stereocenters. The first-order valence-electron chi connectivity index (χ1n) is 5.36. The van der Waals surface area contributed by atoms with E-state index in [4.69, 9.17) is 11.6 Å². The van der Waals surface area contributed by atoms with E-state index in [0.717, 1.165) is 34.9 Å². The number of hydrogen-bond donors (Lipinski definition) is 0. The molecule has 0 aliphatic carbocycles. The second-order valence-electron chi connectivity index (χ2n) is 3.81. The Hall–Kier alpha value is -1.35. The molecule has 0 unspecified atom stereocenters. The van der Waals surface area contributed by atoms with E-state index in [1.54, 1.807) is 6.33 Å². The minimum absolute atomic E-state index is 0.728. The van der Waals surface area contributed by atoms with Gasteiger partial charge < -0.3 is 4.57 Å². The van der Waals surface area contributed by atoms with Gasteiger partial charge in [-0.2, -0.15) is 0 Å². The maximum absolute atomic E-state index is 6.01. The molecule has 0 radical (unpaired) electrons. The first kappa shape index (κ1) is 11.1. The van der Waals surface area contributed by atoms with Gasteiger partial charge in [0, 0.05) is 17.1 Å². The molecule has 2 rings (SSSR count). The molecule has 4 heteroatoms. The maximum atomic E-state index is 6.01. The monoisotopic (exact) mass is 235 g/mol. The van der Waals surface area contributed by atoms with E-state index in [0.29, 0.717) is 0 Å². The molecule has 1 heterocycles. The molecule has 0 aliphatic heterocycles. The number of aryl methyl sites for hydroxylation is 2. The van der Waals surface area contributed by atoms with Crippen molar-refractivity contribution in [3.8, 4) is 11.4 Å². The van der Waals surface area contributed by atoms with Crippen molar-refractivity contribution in [1.29, 1.82) is 0 Å². The lowest BCUT2D eigenvalue weighted by Gasteiger charge is -2.07. The smallest absolute Gasteiger partial charge is 0.164 e. The van der Waals surface area contributed by atoms with Crippen LogP contribution >= 0.6 is 11.6 Å². The Bertz CT molecular complexity index is 491. The normalized spacial score (nSPS) is 10.7. The average Bonchev–Trinajstić information content (AvgIpc) is 2.70. The van der Waals surface area contributed by atoms with Crippen LogP contribution in [0.3, 0.4) is 0 Å². The van der Waals surface area contributed by atoms with Crippen molar-refractivity contribution in [3.05, 3.63) is 35.1 Å². The molecule has 0 saturated heterocycles. The van der Waals surface area contributed by atoms with Gasteiger partial charge in [0.15, 0.2) is 5.82 Å². The highest BCUT2D eigenvalue weighted by atomic mass is 35.5. The standard InChI is InChI=1S/C12H14ClN3/c1-3-6-16-8-14-15-12(16)11-7-10(13)5-4-9(11)2/h4-5,7-8H,3,6H2,1-2H3. The number of halogens is 1. The molecule has 0 saturated carbocycles. The molecule has 0 fully saturated rings. The summed E-state index contributed by atoms with van der Waals surface area (Å²) in [6.07, 6.45) is 2.82. The molecule has 0 aliphatic rings. The van der Waals surface area contributed by atoms with Crippen molar-refractivity contribution in [2.45, 2.75) is 26.8 Å². The number of hydrogen-bond acceptors (Lipinski definition) is 2. The van der Waals surface area contributed by atoms with Crippen LogP contribution in [0.1, 0.15) is 18.9 Å². The van der Waals surface area contributed by atoms with E-state index in [2.05, 4.69) is 28.6 Å². The van der Waals surface area contributed by atoms with Crippen molar-refractivity contribution in [2.75, 3.05) is 0 Å². The molecule has 1 aromatic carbocycles. The average molecular weight is 236 g/mol. The lowest BCUT2D eigenvalue weighted by molar-refractivity contribution is 0.682. The Labute approximate surface area is 100 Å². The molecule has 0 spiro atoms. The summed E-state index contributed by atoms with van der Waals surface area (Å²) in [5.41, 5.74) is 2.22. The van der Waals surface area contributed by atoms with Crippen LogP contribution in [0.25, 0.3) is 11.4 Å². The second-order valence-corrected chi connectivity index (χ2v) is 4.24. The first-order chi connectivity index (χ1) is 7.72. The van der Waals surface area contributed by atoms with Crippen LogP contribution in [0, 0.1) is 6.92 Å². The third-order valence-corrected chi connectivity index (χ3v) is 2.76. The largest absolute Gasteiger partial charge is 0.314 e. The van der Waals surface area contributed by atoms with E-state index in [1.807, 2.05) is 18.2 Å². The molecule has 0 bridgehead atoms. The van der Waals surface area contributed by atoms with E-state index in [9.17, 15) is 0 Å². The van der Waals surface area contributed by atoms with Crippen LogP contribution in [0.4, 0.5) is 0 Å². The fourth-order valence-electron chi connectivity index (χ4n) is 1.70. The van der Waals surface area contributed by atoms with Gasteiger partial charge in [-0.25, -0.2) is 0 Å². The summed E-state index contributed by atoms with van der Waals surface area (Å²) < 4.78 is 2.05. The fraction of sp³-hybridized carbons (Fsp3) is 0.333. The number of aromatic nitrogens is 3. The van der Waals surface area contributed by atoms with Gasteiger partial charge in [0.05, 0.1) is 0 Å². The molecule has 1 aromatic heterocycles. The van der Waals surface area contributed by atoms with Crippen LogP contribution in [0.5, 0.6) is 0 Å². The zero-order valence-electron chi connectivity index (χ0n) is 9.44. The minimum Gasteiger partial charge on any atom is -0.314 e. The molecule has 84 valence electrons. The van der Waals surface area contributed by atoms with Crippen LogP contribution in [0.2, 0.25) is 5.02 Å². The zero-order valence-corrected chi connectivity index (χ0v) is 10.2. The van der Waals surface area contributed by atoms with Gasteiger partial charge in [-0.1, -0.05) is 24.6 Å². The molecular formula is C12H14ClN3. The van der Waals surface area contributed by atoms with Gasteiger partial charge in [-0.3, -0.25) is 0 Å². The Balaban J connectivity index is 2.49. The summed E-state index contributed by atoms with van der Waals surface area (Å²) in [5.74, 6) is 0.891. The topological polar surface area (TPSA) is 30.7 Å². The maximum Gasteiger partial charge on any atom is 0.164 e. The minimum atomic E-state index is 0.728. The van der Waals surface area contributed by atoms with E-state index in [1.165, 1.54) is 0 Å². The summed E-state index contributed by atoms with van der Waals surface area (Å²) in [7, 11) is 0. The molecule has 0 amide bonds. The second kappa shape index (κ2) is 4.66. The highest BCUT2D eigenvalue weighted by Crippen LogP contribution is 2.24. The van der Waals surface area contributed by atoms with Crippen LogP contribution in [-0.4, -0.2) is 14.8 Å². The molecule has 0 N–H and O–H groups in total. The highest BCUT2D eigenvalue weighted by molar-refractivity contribution is 6.30. The summed E-state index contributed by atoms with van der Waals surface area (Å²) >= 11 is 6.01. The Morgan fingerprint density at radius 3 is 2.94 bits per heavy atom. The van der Waals surface area contributed by atoms with Gasteiger partial charge in [0.1, 0.15) is 6.33 Å². The quantitative estimate of drug-likeness (QED) is 0.817. The SMILES string of the molecule is CCCn1cnnc1-c1cc(Cl)ccc1C. The number of benzene rings is 1. The van der Waals surface area contributed by atoms with E-state index < -0.39 is 0 Å². The summed E-state index contributed by atoms with van der Waals surface area (Å²) in [5, 5.41) is 8.85. The fourth-order valence-corrected chi connectivity index (χ4v) is 1.88. The van der Waals surface area contributed by atoms with Crippen molar-refractivity contribution in [1.82, 2.24) is 14.8 Å². The van der Waals surface area contributed by atoms with Gasteiger partial charge in [0.25, 0.3) is 0 Å². The van der Waals surface area contributed by atoms with Gasteiger partial charge in [-0.05, 0) is 31.0 Å². The molecule has 2 aromatic rings. The van der Waals surface area contributed by atoms with Gasteiger partial charge in [-0.15, -0.1) is 10.2 Å². The lowest BCUT2D eigenvalue weighted by atomic mass is 10.1. The Morgan fingerprint density at radius 1 is 1.38 bits per heavy atom. The third-order valence-electron chi connectivity index (χ3n) is 2.52. The molecular weight excluding hydrogens is 222 g/mol. The predicted octanol–water partition coefficient (Wildman–Crippen LogP) is 3.32. The zero-order chi connectivity index (χ0) is 11.5. The molecule has 3 nitrogen and oxygen atoms in total. The van der Waals surface area contributed by atoms with E-state index >= 15 is 0 Å².